The Morgan fingerprint density at radius 1 is 1.14 bits per heavy atom. The van der Waals surface area contributed by atoms with Gasteiger partial charge in [0.25, 0.3) is 0 Å². The summed E-state index contributed by atoms with van der Waals surface area (Å²) in [6, 6.07) is 15.9. The van der Waals surface area contributed by atoms with Crippen molar-refractivity contribution in [2.75, 3.05) is 24.2 Å². The van der Waals surface area contributed by atoms with Crippen LogP contribution < -0.4 is 5.32 Å². The number of halogens is 1. The summed E-state index contributed by atoms with van der Waals surface area (Å²) >= 11 is 2.25. The number of amides is 1. The molecule has 2 aromatic rings. The second-order valence-electron chi connectivity index (χ2n) is 7.53. The molecule has 3 rings (SSSR count). The number of hydrogen-bond acceptors (Lipinski definition) is 3. The van der Waals surface area contributed by atoms with Gasteiger partial charge in [-0.1, -0.05) is 30.3 Å². The van der Waals surface area contributed by atoms with Crippen molar-refractivity contribution >= 4 is 44.2 Å². The Hall–Kier alpha value is -1.45. The minimum atomic E-state index is -3.27. The summed E-state index contributed by atoms with van der Waals surface area (Å²) in [7, 11) is -3.27. The lowest BCUT2D eigenvalue weighted by molar-refractivity contribution is -0.120. The average molecular weight is 526 g/mol. The van der Waals surface area contributed by atoms with Gasteiger partial charge < -0.3 is 5.32 Å². The van der Waals surface area contributed by atoms with Crippen molar-refractivity contribution in [2.45, 2.75) is 32.6 Å². The Labute approximate surface area is 187 Å². The summed E-state index contributed by atoms with van der Waals surface area (Å²) in [5.74, 6) is -0.0134. The molecule has 7 heteroatoms. The maximum atomic E-state index is 12.6. The number of benzene rings is 2. The predicted molar refractivity (Wildman–Crippen MR) is 125 cm³/mol. The maximum Gasteiger partial charge on any atom is 0.227 e. The summed E-state index contributed by atoms with van der Waals surface area (Å²) in [6.45, 7) is 2.80. The fraction of sp³-hybridized carbons (Fsp3) is 0.409. The third-order valence-electron chi connectivity index (χ3n) is 5.37. The Morgan fingerprint density at radius 3 is 2.48 bits per heavy atom. The smallest absolute Gasteiger partial charge is 0.227 e. The number of hydrogen-bond donors (Lipinski definition) is 1. The molecule has 0 radical (unpaired) electrons. The molecule has 0 saturated carbocycles. The van der Waals surface area contributed by atoms with Crippen molar-refractivity contribution in [3.8, 4) is 0 Å². The van der Waals surface area contributed by atoms with Crippen molar-refractivity contribution in [3.63, 3.8) is 0 Å². The van der Waals surface area contributed by atoms with E-state index in [9.17, 15) is 13.2 Å². The van der Waals surface area contributed by atoms with Gasteiger partial charge in [-0.25, -0.2) is 12.7 Å². The van der Waals surface area contributed by atoms with Crippen LogP contribution in [0.4, 0.5) is 5.69 Å². The van der Waals surface area contributed by atoms with Crippen molar-refractivity contribution in [1.82, 2.24) is 4.31 Å². The first-order valence-corrected chi connectivity index (χ1v) is 12.6. The summed E-state index contributed by atoms with van der Waals surface area (Å²) in [4.78, 5) is 12.6. The summed E-state index contributed by atoms with van der Waals surface area (Å²) < 4.78 is 28.0. The molecule has 1 aliphatic rings. The highest BCUT2D eigenvalue weighted by Gasteiger charge is 2.30. The van der Waals surface area contributed by atoms with E-state index in [2.05, 4.69) is 27.9 Å². The molecule has 1 heterocycles. The highest BCUT2D eigenvalue weighted by molar-refractivity contribution is 14.1. The second kappa shape index (κ2) is 10.0. The van der Waals surface area contributed by atoms with E-state index in [1.807, 2.05) is 55.5 Å². The molecule has 0 bridgehead atoms. The number of carbonyl (C=O) groups excluding carboxylic acids is 1. The van der Waals surface area contributed by atoms with Gasteiger partial charge >= 0.3 is 0 Å². The van der Waals surface area contributed by atoms with Gasteiger partial charge in [0.1, 0.15) is 0 Å². The van der Waals surface area contributed by atoms with Crippen LogP contribution in [0.5, 0.6) is 0 Å². The maximum absolute atomic E-state index is 12.6. The Morgan fingerprint density at radius 2 is 1.83 bits per heavy atom. The summed E-state index contributed by atoms with van der Waals surface area (Å²) in [6.07, 6.45) is 2.49. The topological polar surface area (TPSA) is 66.5 Å². The number of carbonyl (C=O) groups is 1. The largest absolute Gasteiger partial charge is 0.326 e. The summed E-state index contributed by atoms with van der Waals surface area (Å²) in [5, 5.41) is 3.00. The minimum absolute atomic E-state index is 0.0181. The van der Waals surface area contributed by atoms with E-state index in [-0.39, 0.29) is 17.6 Å². The number of sulfonamides is 1. The van der Waals surface area contributed by atoms with Crippen LogP contribution in [0.2, 0.25) is 0 Å². The average Bonchev–Trinajstić information content (AvgIpc) is 2.71. The zero-order chi connectivity index (χ0) is 20.9. The molecular weight excluding hydrogens is 499 g/mol. The monoisotopic (exact) mass is 526 g/mol. The van der Waals surface area contributed by atoms with Gasteiger partial charge in [0.2, 0.25) is 15.9 Å². The molecular formula is C22H27IN2O3S. The van der Waals surface area contributed by atoms with Crippen LogP contribution in [0.1, 0.15) is 30.4 Å². The van der Waals surface area contributed by atoms with Gasteiger partial charge in [-0.15, -0.1) is 0 Å². The first-order valence-electron chi connectivity index (χ1n) is 9.94. The number of rotatable bonds is 7. The van der Waals surface area contributed by atoms with Gasteiger partial charge in [-0.3, -0.25) is 4.79 Å². The fourth-order valence-electron chi connectivity index (χ4n) is 3.63. The Kier molecular flexibility index (Phi) is 7.70. The van der Waals surface area contributed by atoms with Crippen molar-refractivity contribution in [3.05, 3.63) is 63.2 Å². The molecule has 0 spiro atoms. The molecule has 1 aliphatic heterocycles. The molecule has 0 atom stereocenters. The molecule has 5 nitrogen and oxygen atoms in total. The van der Waals surface area contributed by atoms with Crippen LogP contribution in [-0.2, 0) is 21.2 Å². The molecule has 0 unspecified atom stereocenters. The lowest BCUT2D eigenvalue weighted by atomic mass is 9.97. The highest BCUT2D eigenvalue weighted by atomic mass is 127. The van der Waals surface area contributed by atoms with Crippen LogP contribution >= 0.6 is 22.6 Å². The zero-order valence-electron chi connectivity index (χ0n) is 16.6. The number of piperidine rings is 1. The van der Waals surface area contributed by atoms with E-state index < -0.39 is 10.0 Å². The minimum Gasteiger partial charge on any atom is -0.326 e. The molecule has 156 valence electrons. The molecule has 1 fully saturated rings. The highest BCUT2D eigenvalue weighted by Crippen LogP contribution is 2.24. The van der Waals surface area contributed by atoms with E-state index >= 15 is 0 Å². The first kappa shape index (κ1) is 22.2. The molecule has 1 saturated heterocycles. The normalized spacial score (nSPS) is 15.9. The Balaban J connectivity index is 1.48. The van der Waals surface area contributed by atoms with Gasteiger partial charge in [-0.2, -0.15) is 0 Å². The number of aryl methyl sites for hydroxylation is 2. The van der Waals surface area contributed by atoms with E-state index in [0.717, 1.165) is 26.8 Å². The molecule has 29 heavy (non-hydrogen) atoms. The third-order valence-corrected chi connectivity index (χ3v) is 8.00. The third kappa shape index (κ3) is 6.26. The predicted octanol–water partition coefficient (Wildman–Crippen LogP) is 4.21. The fourth-order valence-corrected chi connectivity index (χ4v) is 5.81. The zero-order valence-corrected chi connectivity index (χ0v) is 19.6. The van der Waals surface area contributed by atoms with Gasteiger partial charge in [-0.05, 0) is 84.5 Å². The van der Waals surface area contributed by atoms with Crippen LogP contribution in [0.3, 0.4) is 0 Å². The van der Waals surface area contributed by atoms with E-state index in [4.69, 9.17) is 0 Å². The summed E-state index contributed by atoms with van der Waals surface area (Å²) in [5.41, 5.74) is 3.01. The van der Waals surface area contributed by atoms with Gasteiger partial charge in [0, 0.05) is 28.3 Å². The second-order valence-corrected chi connectivity index (χ2v) is 10.9. The van der Waals surface area contributed by atoms with E-state index in [0.29, 0.717) is 32.4 Å². The number of nitrogens with one attached hydrogen (secondary N) is 1. The van der Waals surface area contributed by atoms with Crippen LogP contribution in [0, 0.1) is 16.4 Å². The standard InChI is InChI=1S/C22H27IN2O3S/c1-17-16-20(23)9-10-21(17)24-22(26)19-11-13-25(14-12-19)29(27,28)15-5-8-18-6-3-2-4-7-18/h2-4,6-7,9-10,16,19H,5,8,11-15H2,1H3,(H,24,26). The van der Waals surface area contributed by atoms with Crippen molar-refractivity contribution < 1.29 is 13.2 Å². The van der Waals surface area contributed by atoms with Crippen LogP contribution in [-0.4, -0.2) is 37.5 Å². The lowest BCUT2D eigenvalue weighted by Gasteiger charge is -2.30. The SMILES string of the molecule is Cc1cc(I)ccc1NC(=O)C1CCN(S(=O)(=O)CCCc2ccccc2)CC1. The van der Waals surface area contributed by atoms with Gasteiger partial charge in [0.15, 0.2) is 0 Å². The van der Waals surface area contributed by atoms with Gasteiger partial charge in [0.05, 0.1) is 5.75 Å². The molecule has 1 amide bonds. The molecule has 1 N–H and O–H groups in total. The molecule has 2 aromatic carbocycles. The Bertz CT molecular complexity index is 940. The lowest BCUT2D eigenvalue weighted by Crippen LogP contribution is -2.42. The van der Waals surface area contributed by atoms with E-state index in [1.54, 1.807) is 4.31 Å². The number of anilines is 1. The quantitative estimate of drug-likeness (QED) is 0.550. The first-order chi connectivity index (χ1) is 13.8. The molecule has 0 aromatic heterocycles. The van der Waals surface area contributed by atoms with Crippen molar-refractivity contribution in [2.24, 2.45) is 5.92 Å². The van der Waals surface area contributed by atoms with Crippen LogP contribution in [0.25, 0.3) is 0 Å². The van der Waals surface area contributed by atoms with Crippen molar-refractivity contribution in [1.29, 1.82) is 0 Å². The van der Waals surface area contributed by atoms with Crippen LogP contribution in [0.15, 0.2) is 48.5 Å². The number of nitrogens with zero attached hydrogens (tertiary/aromatic N) is 1. The molecule has 0 aliphatic carbocycles. The van der Waals surface area contributed by atoms with E-state index in [1.165, 1.54) is 0 Å².